The Kier molecular flexibility index (Phi) is 7.71. The first kappa shape index (κ1) is 20.9. The molecular formula is C16H19BrN2O4. The highest BCUT2D eigenvalue weighted by Gasteiger charge is 2.18. The molecule has 0 atom stereocenters. The second-order valence-electron chi connectivity index (χ2n) is 5.24. The minimum Gasteiger partial charge on any atom is -1.00 e. The number of nitro groups is 1. The molecule has 7 heteroatoms. The Hall–Kier alpha value is -2.12. The third kappa shape index (κ3) is 5.22. The van der Waals surface area contributed by atoms with Crippen LogP contribution in [0.4, 0.5) is 5.69 Å². The monoisotopic (exact) mass is 382 g/mol. The Labute approximate surface area is 145 Å². The van der Waals surface area contributed by atoms with Gasteiger partial charge in [0.2, 0.25) is 12.3 Å². The van der Waals surface area contributed by atoms with Crippen LogP contribution in [-0.2, 0) is 6.54 Å². The maximum Gasteiger partial charge on any atom is 0.273 e. The molecule has 1 aromatic heterocycles. The van der Waals surface area contributed by atoms with Crippen molar-refractivity contribution in [1.29, 1.82) is 0 Å². The number of aryl methyl sites for hydroxylation is 3. The molecule has 2 N–H and O–H groups in total. The van der Waals surface area contributed by atoms with Crippen molar-refractivity contribution in [2.24, 2.45) is 0 Å². The van der Waals surface area contributed by atoms with E-state index in [1.165, 1.54) is 6.07 Å². The van der Waals surface area contributed by atoms with Gasteiger partial charge in [-0.25, -0.2) is 0 Å². The van der Waals surface area contributed by atoms with Gasteiger partial charge in [0, 0.05) is 28.3 Å². The van der Waals surface area contributed by atoms with Gasteiger partial charge in [-0.1, -0.05) is 12.1 Å². The third-order valence-electron chi connectivity index (χ3n) is 3.25. The molecule has 0 aliphatic carbocycles. The summed E-state index contributed by atoms with van der Waals surface area (Å²) < 4.78 is 1.80. The normalized spacial score (nSPS) is 9.52. The lowest BCUT2D eigenvalue weighted by Gasteiger charge is -2.02. The van der Waals surface area contributed by atoms with Gasteiger partial charge in [0.05, 0.1) is 4.92 Å². The number of rotatable bonds is 4. The maximum atomic E-state index is 12.3. The Morgan fingerprint density at radius 2 is 1.70 bits per heavy atom. The van der Waals surface area contributed by atoms with E-state index in [-0.39, 0.29) is 40.5 Å². The van der Waals surface area contributed by atoms with Crippen molar-refractivity contribution in [2.45, 2.75) is 27.3 Å². The lowest BCUT2D eigenvalue weighted by Crippen LogP contribution is -3.00. The molecule has 0 radical (unpaired) electrons. The molecule has 0 aliphatic rings. The molecule has 0 fully saturated rings. The average Bonchev–Trinajstić information content (AvgIpc) is 2.37. The lowest BCUT2D eigenvalue weighted by atomic mass is 10.1. The second kappa shape index (κ2) is 8.50. The first-order valence-electron chi connectivity index (χ1n) is 6.62. The first-order valence-corrected chi connectivity index (χ1v) is 6.62. The maximum absolute atomic E-state index is 12.3. The fourth-order valence-electron chi connectivity index (χ4n) is 2.32. The van der Waals surface area contributed by atoms with Crippen molar-refractivity contribution < 1.29 is 36.7 Å². The highest BCUT2D eigenvalue weighted by Crippen LogP contribution is 2.19. The van der Waals surface area contributed by atoms with Crippen LogP contribution in [-0.4, -0.2) is 16.2 Å². The average molecular weight is 383 g/mol. The Bertz CT molecular complexity index is 712. The molecule has 0 saturated heterocycles. The Morgan fingerprint density at radius 3 is 2.22 bits per heavy atom. The fraction of sp³-hybridized carbons (Fsp3) is 0.250. The van der Waals surface area contributed by atoms with Crippen LogP contribution in [0.1, 0.15) is 27.0 Å². The molecule has 6 nitrogen and oxygen atoms in total. The quantitative estimate of drug-likeness (QED) is 0.289. The zero-order valence-corrected chi connectivity index (χ0v) is 14.8. The van der Waals surface area contributed by atoms with Crippen molar-refractivity contribution in [3.8, 4) is 0 Å². The zero-order valence-electron chi connectivity index (χ0n) is 13.2. The summed E-state index contributed by atoms with van der Waals surface area (Å²) in [5.74, 6) is -0.145. The predicted molar refractivity (Wildman–Crippen MR) is 81.9 cm³/mol. The summed E-state index contributed by atoms with van der Waals surface area (Å²) in [6, 6.07) is 6.62. The molecule has 0 bridgehead atoms. The number of Topliss-reactive ketones (excluding diaryl/α,β-unsaturated/α-hetero) is 1. The topological polar surface area (TPSA) is 95.6 Å². The minimum atomic E-state index is -0.462. The van der Waals surface area contributed by atoms with Gasteiger partial charge in [-0.3, -0.25) is 14.9 Å². The molecule has 2 rings (SSSR count). The summed E-state index contributed by atoms with van der Waals surface area (Å²) in [7, 11) is 0. The van der Waals surface area contributed by atoms with Crippen molar-refractivity contribution in [2.75, 3.05) is 0 Å². The number of carbonyl (C=O) groups is 1. The standard InChI is InChI=1S/C16H17N2O3.BrH.H2O/c1-11-6-12(2)9-17(8-11)10-16(19)14-5-4-13(3)15(7-14)18(20)21;;/h4-9H,10H2,1-3H3;1H;1H2/q+1;;/p-1. The van der Waals surface area contributed by atoms with E-state index in [1.54, 1.807) is 23.6 Å². The van der Waals surface area contributed by atoms with Crippen molar-refractivity contribution in [3.63, 3.8) is 0 Å². The molecule has 0 saturated carbocycles. The van der Waals surface area contributed by atoms with Crippen LogP contribution >= 0.6 is 0 Å². The van der Waals surface area contributed by atoms with Gasteiger partial charge in [-0.05, 0) is 26.8 Å². The number of carbonyl (C=O) groups excluding carboxylic acids is 1. The summed E-state index contributed by atoms with van der Waals surface area (Å²) in [5.41, 5.74) is 3.02. The molecule has 0 aliphatic heterocycles. The van der Waals surface area contributed by atoms with Gasteiger partial charge in [-0.15, -0.1) is 0 Å². The van der Waals surface area contributed by atoms with Crippen LogP contribution in [0.2, 0.25) is 0 Å². The number of nitro benzene ring substituents is 1. The number of pyridine rings is 1. The smallest absolute Gasteiger partial charge is 0.273 e. The number of hydrogen-bond acceptors (Lipinski definition) is 3. The van der Waals surface area contributed by atoms with E-state index in [0.717, 1.165) is 11.1 Å². The molecule has 2 aromatic rings. The summed E-state index contributed by atoms with van der Waals surface area (Å²) in [6.45, 7) is 5.75. The molecule has 23 heavy (non-hydrogen) atoms. The van der Waals surface area contributed by atoms with Crippen molar-refractivity contribution in [3.05, 3.63) is 69.0 Å². The summed E-state index contributed by atoms with van der Waals surface area (Å²) in [5, 5.41) is 10.9. The Morgan fingerprint density at radius 1 is 1.13 bits per heavy atom. The highest BCUT2D eigenvalue weighted by atomic mass is 79.9. The number of ketones is 1. The molecular weight excluding hydrogens is 364 g/mol. The van der Waals surface area contributed by atoms with E-state index in [9.17, 15) is 14.9 Å². The first-order chi connectivity index (χ1) is 9.86. The Balaban J connectivity index is 0.00000242. The van der Waals surface area contributed by atoms with E-state index in [2.05, 4.69) is 0 Å². The van der Waals surface area contributed by atoms with Crippen LogP contribution in [0, 0.1) is 30.9 Å². The summed E-state index contributed by atoms with van der Waals surface area (Å²) in [4.78, 5) is 22.8. The van der Waals surface area contributed by atoms with Crippen molar-refractivity contribution in [1.82, 2.24) is 0 Å². The van der Waals surface area contributed by atoms with Gasteiger partial charge in [-0.2, -0.15) is 4.57 Å². The molecule has 124 valence electrons. The van der Waals surface area contributed by atoms with E-state index < -0.39 is 4.92 Å². The van der Waals surface area contributed by atoms with Crippen molar-refractivity contribution >= 4 is 11.5 Å². The lowest BCUT2D eigenvalue weighted by molar-refractivity contribution is -0.683. The predicted octanol–water partition coefficient (Wildman–Crippen LogP) is -1.13. The highest BCUT2D eigenvalue weighted by molar-refractivity contribution is 5.95. The van der Waals surface area contributed by atoms with Gasteiger partial charge in [0.25, 0.3) is 5.69 Å². The van der Waals surface area contributed by atoms with E-state index in [1.807, 2.05) is 32.3 Å². The van der Waals surface area contributed by atoms with Crippen LogP contribution in [0.5, 0.6) is 0 Å². The number of nitrogens with zero attached hydrogens (tertiary/aromatic N) is 2. The van der Waals surface area contributed by atoms with E-state index in [0.29, 0.717) is 11.1 Å². The molecule has 0 amide bonds. The SMILES string of the molecule is Cc1cc(C)c[n+](CC(=O)c2ccc(C)c([N+](=O)[O-])c2)c1.O.[Br-]. The fourth-order valence-corrected chi connectivity index (χ4v) is 2.32. The van der Waals surface area contributed by atoms with Crippen LogP contribution in [0.15, 0.2) is 36.7 Å². The second-order valence-corrected chi connectivity index (χ2v) is 5.24. The third-order valence-corrected chi connectivity index (χ3v) is 3.25. The molecule has 0 spiro atoms. The van der Waals surface area contributed by atoms with Gasteiger partial charge in [0.1, 0.15) is 0 Å². The van der Waals surface area contributed by atoms with Crippen LogP contribution in [0.3, 0.4) is 0 Å². The summed E-state index contributed by atoms with van der Waals surface area (Å²) in [6.07, 6.45) is 3.76. The van der Waals surface area contributed by atoms with Crippen LogP contribution < -0.4 is 21.5 Å². The number of aromatic nitrogens is 1. The van der Waals surface area contributed by atoms with Crippen LogP contribution in [0.25, 0.3) is 0 Å². The molecule has 1 heterocycles. The van der Waals surface area contributed by atoms with Gasteiger partial charge >= 0.3 is 0 Å². The largest absolute Gasteiger partial charge is 1.00 e. The number of hydrogen-bond donors (Lipinski definition) is 0. The molecule has 1 aromatic carbocycles. The summed E-state index contributed by atoms with van der Waals surface area (Å²) >= 11 is 0. The number of halogens is 1. The van der Waals surface area contributed by atoms with Gasteiger partial charge in [0.15, 0.2) is 12.4 Å². The minimum absolute atomic E-state index is 0. The zero-order chi connectivity index (χ0) is 15.6. The van der Waals surface area contributed by atoms with Gasteiger partial charge < -0.3 is 22.5 Å². The molecule has 0 unspecified atom stereocenters. The number of benzene rings is 1. The van der Waals surface area contributed by atoms with E-state index in [4.69, 9.17) is 0 Å². The van der Waals surface area contributed by atoms with E-state index >= 15 is 0 Å².